The Labute approximate surface area is 288 Å². The molecule has 260 valence electrons. The van der Waals surface area contributed by atoms with Crippen molar-refractivity contribution in [1.82, 2.24) is 0 Å². The molecule has 0 aliphatic rings. The van der Waals surface area contributed by atoms with E-state index in [9.17, 15) is 5.11 Å². The molecule has 0 radical (unpaired) electrons. The second-order valence-corrected chi connectivity index (χ2v) is 13.8. The lowest BCUT2D eigenvalue weighted by atomic mass is 9.96. The molecule has 0 amide bonds. The van der Waals surface area contributed by atoms with Gasteiger partial charge in [0.05, 0.1) is 6.10 Å². The van der Waals surface area contributed by atoms with E-state index in [0.717, 1.165) is 41.9 Å². The second kappa shape index (κ2) is 23.4. The van der Waals surface area contributed by atoms with Crippen LogP contribution < -0.4 is 9.47 Å². The first-order valence-electron chi connectivity index (χ1n) is 19.3. The third-order valence-electron chi connectivity index (χ3n) is 9.45. The number of hydrogen-bond donors (Lipinski definition) is 1. The average molecular weight is 643 g/mol. The molecule has 2 atom stereocenters. The Bertz CT molecular complexity index is 1230. The van der Waals surface area contributed by atoms with E-state index < -0.39 is 0 Å². The SMILES string of the molecule is CCCCCCCCCCc1ccccc1OC(C)Cc1cccc(O)c1CC(C)Oc1ccccc1CCCCCCCCCC. The van der Waals surface area contributed by atoms with E-state index in [1.165, 1.54) is 114 Å². The molecule has 3 aromatic carbocycles. The van der Waals surface area contributed by atoms with Crippen LogP contribution in [-0.2, 0) is 25.7 Å². The number of phenols is 1. The summed E-state index contributed by atoms with van der Waals surface area (Å²) in [6.45, 7) is 8.81. The highest BCUT2D eigenvalue weighted by Gasteiger charge is 2.17. The van der Waals surface area contributed by atoms with Crippen molar-refractivity contribution in [2.24, 2.45) is 0 Å². The van der Waals surface area contributed by atoms with Crippen LogP contribution in [0.5, 0.6) is 17.2 Å². The minimum absolute atomic E-state index is 0.0149. The van der Waals surface area contributed by atoms with Gasteiger partial charge < -0.3 is 14.6 Å². The number of aryl methyl sites for hydroxylation is 2. The average Bonchev–Trinajstić information content (AvgIpc) is 3.06. The summed E-state index contributed by atoms with van der Waals surface area (Å²) in [4.78, 5) is 0. The maximum atomic E-state index is 10.9. The van der Waals surface area contributed by atoms with Gasteiger partial charge in [0.25, 0.3) is 0 Å². The minimum atomic E-state index is -0.0645. The summed E-state index contributed by atoms with van der Waals surface area (Å²) in [5, 5.41) is 10.9. The van der Waals surface area contributed by atoms with E-state index in [1.54, 1.807) is 6.07 Å². The van der Waals surface area contributed by atoms with Gasteiger partial charge in [0.2, 0.25) is 0 Å². The summed E-state index contributed by atoms with van der Waals surface area (Å²) in [5.74, 6) is 2.31. The summed E-state index contributed by atoms with van der Waals surface area (Å²) in [6, 6.07) is 22.9. The number of para-hydroxylation sites is 2. The quantitative estimate of drug-likeness (QED) is 0.0886. The van der Waals surface area contributed by atoms with Crippen molar-refractivity contribution in [1.29, 1.82) is 0 Å². The molecule has 3 aromatic rings. The summed E-state index contributed by atoms with van der Waals surface area (Å²) >= 11 is 0. The number of benzene rings is 3. The molecule has 0 bridgehead atoms. The van der Waals surface area contributed by atoms with E-state index in [0.29, 0.717) is 12.2 Å². The van der Waals surface area contributed by atoms with E-state index >= 15 is 0 Å². The highest BCUT2D eigenvalue weighted by Crippen LogP contribution is 2.29. The van der Waals surface area contributed by atoms with E-state index in [-0.39, 0.29) is 12.2 Å². The molecule has 0 aliphatic carbocycles. The maximum Gasteiger partial charge on any atom is 0.122 e. The second-order valence-electron chi connectivity index (χ2n) is 13.8. The molecule has 3 nitrogen and oxygen atoms in total. The van der Waals surface area contributed by atoms with Crippen LogP contribution in [0.25, 0.3) is 0 Å². The molecule has 0 aliphatic heterocycles. The van der Waals surface area contributed by atoms with Crippen LogP contribution >= 0.6 is 0 Å². The third kappa shape index (κ3) is 15.2. The van der Waals surface area contributed by atoms with E-state index in [2.05, 4.69) is 82.3 Å². The topological polar surface area (TPSA) is 38.7 Å². The van der Waals surface area contributed by atoms with Crippen LogP contribution in [0, 0.1) is 0 Å². The predicted molar refractivity (Wildman–Crippen MR) is 201 cm³/mol. The van der Waals surface area contributed by atoms with Gasteiger partial charge in [0, 0.05) is 18.4 Å². The van der Waals surface area contributed by atoms with Gasteiger partial charge in [-0.25, -0.2) is 0 Å². The molecule has 2 unspecified atom stereocenters. The Kier molecular flexibility index (Phi) is 19.2. The highest BCUT2D eigenvalue weighted by atomic mass is 16.5. The summed E-state index contributed by atoms with van der Waals surface area (Å²) in [7, 11) is 0. The van der Waals surface area contributed by atoms with Gasteiger partial charge in [-0.3, -0.25) is 0 Å². The smallest absolute Gasteiger partial charge is 0.122 e. The van der Waals surface area contributed by atoms with Crippen molar-refractivity contribution in [3.63, 3.8) is 0 Å². The van der Waals surface area contributed by atoms with Gasteiger partial charge in [-0.05, 0) is 74.4 Å². The first-order valence-corrected chi connectivity index (χ1v) is 19.3. The van der Waals surface area contributed by atoms with Gasteiger partial charge >= 0.3 is 0 Å². The van der Waals surface area contributed by atoms with Crippen LogP contribution in [0.1, 0.15) is 153 Å². The zero-order valence-electron chi connectivity index (χ0n) is 30.4. The van der Waals surface area contributed by atoms with Crippen molar-refractivity contribution in [3.8, 4) is 17.2 Å². The summed E-state index contributed by atoms with van der Waals surface area (Å²) in [5.41, 5.74) is 4.67. The highest BCUT2D eigenvalue weighted by molar-refractivity contribution is 5.41. The fourth-order valence-corrected chi connectivity index (χ4v) is 6.71. The molecule has 0 spiro atoms. The van der Waals surface area contributed by atoms with Crippen molar-refractivity contribution in [2.45, 2.75) is 168 Å². The lowest BCUT2D eigenvalue weighted by Gasteiger charge is -2.22. The molecular formula is C44H66O3. The standard InChI is InChI=1S/C44H66O3/c1-5-7-9-11-13-15-17-19-26-38-28-21-23-32-43(38)46-36(3)34-40-30-25-31-42(45)41(40)35-37(4)47-44-33-24-22-29-39(44)27-20-18-16-14-12-10-8-6-2/h21-25,28-33,36-37,45H,5-20,26-27,34-35H2,1-4H3. The number of rotatable bonds is 26. The fourth-order valence-electron chi connectivity index (χ4n) is 6.71. The van der Waals surface area contributed by atoms with Crippen LogP contribution in [0.3, 0.4) is 0 Å². The van der Waals surface area contributed by atoms with Crippen LogP contribution in [0.15, 0.2) is 66.7 Å². The number of aromatic hydroxyl groups is 1. The van der Waals surface area contributed by atoms with Crippen molar-refractivity contribution >= 4 is 0 Å². The van der Waals surface area contributed by atoms with Crippen molar-refractivity contribution in [2.75, 3.05) is 0 Å². The van der Waals surface area contributed by atoms with Gasteiger partial charge in [-0.1, -0.05) is 152 Å². The molecule has 0 saturated carbocycles. The molecular weight excluding hydrogens is 576 g/mol. The third-order valence-corrected chi connectivity index (χ3v) is 9.45. The summed E-state index contributed by atoms with van der Waals surface area (Å²) in [6.07, 6.45) is 24.6. The van der Waals surface area contributed by atoms with Gasteiger partial charge in [-0.15, -0.1) is 0 Å². The van der Waals surface area contributed by atoms with Gasteiger partial charge in [-0.2, -0.15) is 0 Å². The van der Waals surface area contributed by atoms with Crippen LogP contribution in [0.4, 0.5) is 0 Å². The number of phenolic OH excluding ortho intramolecular Hbond substituents is 1. The monoisotopic (exact) mass is 643 g/mol. The maximum absolute atomic E-state index is 10.9. The Hall–Kier alpha value is -2.94. The van der Waals surface area contributed by atoms with Crippen molar-refractivity contribution < 1.29 is 14.6 Å². The Balaban J connectivity index is 1.51. The molecule has 0 aromatic heterocycles. The molecule has 0 saturated heterocycles. The summed E-state index contributed by atoms with van der Waals surface area (Å²) < 4.78 is 13.1. The van der Waals surface area contributed by atoms with Crippen LogP contribution in [0.2, 0.25) is 0 Å². The molecule has 1 N–H and O–H groups in total. The van der Waals surface area contributed by atoms with E-state index in [1.807, 2.05) is 6.07 Å². The first-order chi connectivity index (χ1) is 23.0. The number of unbranched alkanes of at least 4 members (excludes halogenated alkanes) is 14. The lowest BCUT2D eigenvalue weighted by Crippen LogP contribution is -2.20. The van der Waals surface area contributed by atoms with Crippen LogP contribution in [-0.4, -0.2) is 17.3 Å². The zero-order chi connectivity index (χ0) is 33.5. The van der Waals surface area contributed by atoms with E-state index in [4.69, 9.17) is 9.47 Å². The van der Waals surface area contributed by atoms with Crippen molar-refractivity contribution in [3.05, 3.63) is 89.0 Å². The number of hydrogen-bond acceptors (Lipinski definition) is 3. The lowest BCUT2D eigenvalue weighted by molar-refractivity contribution is 0.212. The molecule has 3 heteroatoms. The molecule has 0 fully saturated rings. The number of ether oxygens (including phenoxy) is 2. The molecule has 0 heterocycles. The fraction of sp³-hybridized carbons (Fsp3) is 0.591. The normalized spacial score (nSPS) is 12.6. The minimum Gasteiger partial charge on any atom is -0.508 e. The predicted octanol–water partition coefficient (Wildman–Crippen LogP) is 12.8. The Morgan fingerprint density at radius 3 is 1.36 bits per heavy atom. The largest absolute Gasteiger partial charge is 0.508 e. The molecule has 3 rings (SSSR count). The van der Waals surface area contributed by atoms with Gasteiger partial charge in [0.15, 0.2) is 0 Å². The molecule has 47 heavy (non-hydrogen) atoms. The first kappa shape index (κ1) is 38.5. The Morgan fingerprint density at radius 2 is 0.872 bits per heavy atom. The Morgan fingerprint density at radius 1 is 0.468 bits per heavy atom. The zero-order valence-corrected chi connectivity index (χ0v) is 30.4. The van der Waals surface area contributed by atoms with Gasteiger partial charge in [0.1, 0.15) is 23.4 Å².